The first-order valence-corrected chi connectivity index (χ1v) is 10.5. The van der Waals surface area contributed by atoms with Crippen LogP contribution in [-0.4, -0.2) is 0 Å². The molecule has 3 rings (SSSR count). The van der Waals surface area contributed by atoms with Gasteiger partial charge in [-0.2, -0.15) is 0 Å². The van der Waals surface area contributed by atoms with E-state index in [1.807, 2.05) is 32.1 Å². The first kappa shape index (κ1) is 20.7. The third-order valence-corrected chi connectivity index (χ3v) is 5.94. The number of hydrogen-bond donors (Lipinski definition) is 0. The summed E-state index contributed by atoms with van der Waals surface area (Å²) >= 11 is 0. The number of hydrogen-bond acceptors (Lipinski definition) is 0. The van der Waals surface area contributed by atoms with Crippen molar-refractivity contribution in [3.63, 3.8) is 0 Å². The fourth-order valence-corrected chi connectivity index (χ4v) is 4.18. The highest BCUT2D eigenvalue weighted by Crippen LogP contribution is 2.37. The van der Waals surface area contributed by atoms with E-state index in [1.165, 1.54) is 0 Å². The molecule has 0 atom stereocenters. The summed E-state index contributed by atoms with van der Waals surface area (Å²) in [5.74, 6) is -0.999. The van der Waals surface area contributed by atoms with Crippen molar-refractivity contribution in [1.29, 1.82) is 0 Å². The minimum Gasteiger partial charge on any atom is -0.207 e. The van der Waals surface area contributed by atoms with Gasteiger partial charge < -0.3 is 0 Å². The molecule has 0 bridgehead atoms. The van der Waals surface area contributed by atoms with Gasteiger partial charge in [-0.15, -0.1) is 0 Å². The molecular formula is C25H29F3. The van der Waals surface area contributed by atoms with Crippen LogP contribution in [0.4, 0.5) is 13.2 Å². The van der Waals surface area contributed by atoms with Gasteiger partial charge in [0.15, 0.2) is 11.6 Å². The van der Waals surface area contributed by atoms with Crippen LogP contribution in [0.3, 0.4) is 0 Å². The van der Waals surface area contributed by atoms with Crippen LogP contribution in [0.15, 0.2) is 36.4 Å². The molecule has 0 amide bonds. The van der Waals surface area contributed by atoms with Crippen LogP contribution in [0.1, 0.15) is 74.1 Å². The predicted molar refractivity (Wildman–Crippen MR) is 110 cm³/mol. The third-order valence-electron chi connectivity index (χ3n) is 5.94. The normalized spacial score (nSPS) is 20.0. The first-order chi connectivity index (χ1) is 13.5. The summed E-state index contributed by atoms with van der Waals surface area (Å²) in [6, 6.07) is 8.95. The van der Waals surface area contributed by atoms with Crippen LogP contribution in [0.2, 0.25) is 0 Å². The van der Waals surface area contributed by atoms with Crippen molar-refractivity contribution in [2.75, 3.05) is 0 Å². The Kier molecular flexibility index (Phi) is 6.98. The SMILES string of the molecule is CCCc1ccc(/C=C/C2CCC(c3ccc(CC)cc3F)CC2)c(F)c1F. The Morgan fingerprint density at radius 2 is 1.68 bits per heavy atom. The van der Waals surface area contributed by atoms with Crippen molar-refractivity contribution in [3.05, 3.63) is 76.1 Å². The molecule has 150 valence electrons. The predicted octanol–water partition coefficient (Wildman–Crippen LogP) is 7.61. The Hall–Kier alpha value is -2.03. The maximum absolute atomic E-state index is 14.4. The topological polar surface area (TPSA) is 0 Å². The fourth-order valence-electron chi connectivity index (χ4n) is 4.18. The van der Waals surface area contributed by atoms with Gasteiger partial charge in [-0.25, -0.2) is 13.2 Å². The van der Waals surface area contributed by atoms with Crippen molar-refractivity contribution in [1.82, 2.24) is 0 Å². The molecule has 0 N–H and O–H groups in total. The Balaban J connectivity index is 1.62. The molecule has 1 aliphatic carbocycles. The van der Waals surface area contributed by atoms with Crippen molar-refractivity contribution < 1.29 is 13.2 Å². The standard InChI is InChI=1S/C25H29F3/c1-3-5-20-13-14-21(25(28)24(20)27)12-8-18-6-10-19(11-7-18)22-15-9-17(4-2)16-23(22)26/h8-9,12-16,18-19H,3-7,10-11H2,1-2H3/b12-8+. The molecule has 28 heavy (non-hydrogen) atoms. The largest absolute Gasteiger partial charge is 0.207 e. The fraction of sp³-hybridized carbons (Fsp3) is 0.440. The van der Waals surface area contributed by atoms with E-state index in [0.29, 0.717) is 23.5 Å². The molecule has 0 aromatic heterocycles. The second kappa shape index (κ2) is 9.45. The highest BCUT2D eigenvalue weighted by Gasteiger charge is 2.23. The van der Waals surface area contributed by atoms with Gasteiger partial charge in [-0.1, -0.05) is 56.7 Å². The molecular weight excluding hydrogens is 357 g/mol. The van der Waals surface area contributed by atoms with Crippen LogP contribution in [0, 0.1) is 23.4 Å². The highest BCUT2D eigenvalue weighted by molar-refractivity contribution is 5.51. The van der Waals surface area contributed by atoms with Gasteiger partial charge in [0.1, 0.15) is 5.82 Å². The summed E-state index contributed by atoms with van der Waals surface area (Å²) in [4.78, 5) is 0. The van der Waals surface area contributed by atoms with Crippen molar-refractivity contribution in [3.8, 4) is 0 Å². The lowest BCUT2D eigenvalue weighted by atomic mass is 9.78. The monoisotopic (exact) mass is 386 g/mol. The zero-order chi connectivity index (χ0) is 20.1. The van der Waals surface area contributed by atoms with Gasteiger partial charge in [0.2, 0.25) is 0 Å². The van der Waals surface area contributed by atoms with E-state index in [4.69, 9.17) is 0 Å². The van der Waals surface area contributed by atoms with Crippen LogP contribution in [0.5, 0.6) is 0 Å². The van der Waals surface area contributed by atoms with Gasteiger partial charge in [0, 0.05) is 5.56 Å². The Morgan fingerprint density at radius 1 is 0.929 bits per heavy atom. The maximum Gasteiger partial charge on any atom is 0.166 e. The summed E-state index contributed by atoms with van der Waals surface area (Å²) in [5.41, 5.74) is 2.59. The Labute approximate surface area is 166 Å². The van der Waals surface area contributed by atoms with Crippen molar-refractivity contribution in [2.45, 2.75) is 64.7 Å². The zero-order valence-corrected chi connectivity index (χ0v) is 16.8. The van der Waals surface area contributed by atoms with Crippen LogP contribution >= 0.6 is 0 Å². The van der Waals surface area contributed by atoms with E-state index in [2.05, 4.69) is 0 Å². The number of rotatable bonds is 6. The van der Waals surface area contributed by atoms with Gasteiger partial charge >= 0.3 is 0 Å². The van der Waals surface area contributed by atoms with E-state index in [9.17, 15) is 13.2 Å². The van der Waals surface area contributed by atoms with Crippen LogP contribution < -0.4 is 0 Å². The Morgan fingerprint density at radius 3 is 2.32 bits per heavy atom. The summed E-state index contributed by atoms with van der Waals surface area (Å²) < 4.78 is 42.7. The molecule has 0 heterocycles. The van der Waals surface area contributed by atoms with Crippen LogP contribution in [-0.2, 0) is 12.8 Å². The van der Waals surface area contributed by atoms with E-state index < -0.39 is 11.6 Å². The number of benzene rings is 2. The molecule has 1 saturated carbocycles. The number of allylic oxidation sites excluding steroid dienone is 1. The third kappa shape index (κ3) is 4.68. The minimum absolute atomic E-state index is 0.0944. The smallest absolute Gasteiger partial charge is 0.166 e. The number of aryl methyl sites for hydroxylation is 2. The average Bonchev–Trinajstić information content (AvgIpc) is 2.71. The first-order valence-electron chi connectivity index (χ1n) is 10.5. The Bertz CT molecular complexity index is 830. The van der Waals surface area contributed by atoms with Gasteiger partial charge in [0.25, 0.3) is 0 Å². The summed E-state index contributed by atoms with van der Waals surface area (Å²) in [6.45, 7) is 3.98. The van der Waals surface area contributed by atoms with Gasteiger partial charge in [0.05, 0.1) is 0 Å². The van der Waals surface area contributed by atoms with Gasteiger partial charge in [-0.3, -0.25) is 0 Å². The number of halogens is 3. The van der Waals surface area contributed by atoms with E-state index in [-0.39, 0.29) is 11.7 Å². The quantitative estimate of drug-likeness (QED) is 0.479. The summed E-state index contributed by atoms with van der Waals surface area (Å²) in [7, 11) is 0. The molecule has 1 fully saturated rings. The van der Waals surface area contributed by atoms with Crippen LogP contribution in [0.25, 0.3) is 6.08 Å². The molecule has 0 spiro atoms. The molecule has 1 aliphatic rings. The molecule has 0 aliphatic heterocycles. The minimum atomic E-state index is -0.756. The van der Waals surface area contributed by atoms with E-state index >= 15 is 0 Å². The van der Waals surface area contributed by atoms with E-state index in [1.54, 1.807) is 24.3 Å². The average molecular weight is 387 g/mol. The van der Waals surface area contributed by atoms with E-state index in [0.717, 1.165) is 49.7 Å². The lowest BCUT2D eigenvalue weighted by Gasteiger charge is -2.27. The molecule has 0 unspecified atom stereocenters. The van der Waals surface area contributed by atoms with Gasteiger partial charge in [-0.05, 0) is 73.1 Å². The lowest BCUT2D eigenvalue weighted by Crippen LogP contribution is -2.13. The van der Waals surface area contributed by atoms with Crippen molar-refractivity contribution >= 4 is 6.08 Å². The maximum atomic E-state index is 14.4. The zero-order valence-electron chi connectivity index (χ0n) is 16.8. The molecule has 0 radical (unpaired) electrons. The lowest BCUT2D eigenvalue weighted by molar-refractivity contribution is 0.369. The summed E-state index contributed by atoms with van der Waals surface area (Å²) in [6.07, 6.45) is 9.59. The molecule has 2 aromatic rings. The molecule has 0 nitrogen and oxygen atoms in total. The van der Waals surface area contributed by atoms with Crippen molar-refractivity contribution in [2.24, 2.45) is 5.92 Å². The summed E-state index contributed by atoms with van der Waals surface area (Å²) in [5, 5.41) is 0. The molecule has 0 saturated heterocycles. The second-order valence-corrected chi connectivity index (χ2v) is 7.87. The second-order valence-electron chi connectivity index (χ2n) is 7.87. The highest BCUT2D eigenvalue weighted by atomic mass is 19.2. The molecule has 3 heteroatoms. The molecule has 2 aromatic carbocycles.